The van der Waals surface area contributed by atoms with E-state index in [1.165, 1.54) is 12.1 Å². The maximum atomic E-state index is 13.5. The number of carbonyl (C=O) groups is 1. The molecule has 1 saturated heterocycles. The molecule has 1 fully saturated rings. The predicted molar refractivity (Wildman–Crippen MR) is 142 cm³/mol. The first-order valence-corrected chi connectivity index (χ1v) is 12.2. The molecule has 1 amide bonds. The Morgan fingerprint density at radius 1 is 1.00 bits per heavy atom. The van der Waals surface area contributed by atoms with Crippen LogP contribution in [0.25, 0.3) is 0 Å². The van der Waals surface area contributed by atoms with Crippen molar-refractivity contribution >= 4 is 36.7 Å². The number of rotatable bonds is 7. The van der Waals surface area contributed by atoms with Crippen molar-refractivity contribution in [1.29, 1.82) is 0 Å². The van der Waals surface area contributed by atoms with Gasteiger partial charge in [0.25, 0.3) is 0 Å². The Kier molecular flexibility index (Phi) is 7.25. The van der Waals surface area contributed by atoms with Gasteiger partial charge in [0.05, 0.1) is 18.9 Å². The average molecular weight is 496 g/mol. The minimum Gasteiger partial charge on any atom is -0.497 e. The molecule has 1 atom stereocenters. The number of benzene rings is 2. The number of anilines is 1. The van der Waals surface area contributed by atoms with Gasteiger partial charge in [-0.05, 0) is 48.4 Å². The first-order valence-electron chi connectivity index (χ1n) is 12.2. The van der Waals surface area contributed by atoms with Crippen LogP contribution in [-0.4, -0.2) is 79.5 Å². The minimum atomic E-state index is -0.311. The summed E-state index contributed by atoms with van der Waals surface area (Å²) in [4.78, 5) is 35.1. The number of halogens is 1. The Balaban J connectivity index is 1.25. The highest BCUT2D eigenvalue weighted by molar-refractivity contribution is 6.31. The van der Waals surface area contributed by atoms with Crippen molar-refractivity contribution in [2.24, 2.45) is 9.98 Å². The number of aromatic nitrogens is 2. The lowest BCUT2D eigenvalue weighted by molar-refractivity contribution is -0.131. The number of ether oxygens (including phenoxy) is 1. The maximum absolute atomic E-state index is 13.5. The molecule has 186 valence electrons. The lowest BCUT2D eigenvalue weighted by Crippen LogP contribution is -2.49. The maximum Gasteiger partial charge on any atom is 0.225 e. The van der Waals surface area contributed by atoms with Gasteiger partial charge in [0.1, 0.15) is 19.4 Å². The lowest BCUT2D eigenvalue weighted by atomic mass is 10.00. The minimum absolute atomic E-state index is 0.0735. The first kappa shape index (κ1) is 24.6. The molecule has 1 aromatic heterocycles. The molecule has 0 spiro atoms. The second kappa shape index (κ2) is 10.9. The van der Waals surface area contributed by atoms with E-state index in [1.807, 2.05) is 34.1 Å². The molecule has 8 nitrogen and oxygen atoms in total. The third-order valence-electron chi connectivity index (χ3n) is 6.51. The van der Waals surface area contributed by atoms with Gasteiger partial charge >= 0.3 is 0 Å². The van der Waals surface area contributed by atoms with Gasteiger partial charge < -0.3 is 14.5 Å². The fourth-order valence-corrected chi connectivity index (χ4v) is 4.45. The van der Waals surface area contributed by atoms with Crippen LogP contribution in [0.4, 0.5) is 10.3 Å². The molecule has 0 N–H and O–H groups in total. The Labute approximate surface area is 216 Å². The van der Waals surface area contributed by atoms with Gasteiger partial charge in [0, 0.05) is 50.6 Å². The topological polar surface area (TPSA) is 83.3 Å². The molecular formula is C27H26BFN6O2. The number of methoxy groups -OCH3 is 1. The number of amidine groups is 1. The van der Waals surface area contributed by atoms with Crippen LogP contribution in [0.3, 0.4) is 0 Å². The highest BCUT2D eigenvalue weighted by Gasteiger charge is 2.28. The molecule has 2 radical (unpaired) electrons. The van der Waals surface area contributed by atoms with Gasteiger partial charge in [-0.25, -0.2) is 19.4 Å². The number of nitrogens with zero attached hydrogens (tertiary/aromatic N) is 6. The van der Waals surface area contributed by atoms with Gasteiger partial charge in [-0.15, -0.1) is 0 Å². The van der Waals surface area contributed by atoms with Crippen LogP contribution in [0, 0.1) is 5.82 Å². The van der Waals surface area contributed by atoms with Gasteiger partial charge in [0.2, 0.25) is 11.9 Å². The summed E-state index contributed by atoms with van der Waals surface area (Å²) in [6.45, 7) is 2.50. The molecule has 0 saturated carbocycles. The Bertz CT molecular complexity index is 1300. The number of amides is 1. The molecule has 0 aliphatic carbocycles. The molecule has 2 aromatic carbocycles. The fourth-order valence-electron chi connectivity index (χ4n) is 4.45. The van der Waals surface area contributed by atoms with Gasteiger partial charge in [-0.3, -0.25) is 9.79 Å². The summed E-state index contributed by atoms with van der Waals surface area (Å²) < 4.78 is 18.8. The zero-order chi connectivity index (χ0) is 25.8. The van der Waals surface area contributed by atoms with E-state index in [1.54, 1.807) is 31.6 Å². The smallest absolute Gasteiger partial charge is 0.225 e. The molecule has 2 aliphatic rings. The summed E-state index contributed by atoms with van der Waals surface area (Å²) in [6.07, 6.45) is 4.02. The Morgan fingerprint density at radius 2 is 1.65 bits per heavy atom. The zero-order valence-corrected chi connectivity index (χ0v) is 20.5. The van der Waals surface area contributed by atoms with Crippen LogP contribution in [0.5, 0.6) is 5.75 Å². The lowest BCUT2D eigenvalue weighted by Gasteiger charge is -2.35. The van der Waals surface area contributed by atoms with Crippen molar-refractivity contribution in [2.45, 2.75) is 18.9 Å². The molecule has 2 aliphatic heterocycles. The summed E-state index contributed by atoms with van der Waals surface area (Å²) in [7, 11) is 7.29. The van der Waals surface area contributed by atoms with Gasteiger partial charge in [0.15, 0.2) is 5.84 Å². The molecule has 3 heterocycles. The number of hydrogen-bond acceptors (Lipinski definition) is 7. The van der Waals surface area contributed by atoms with E-state index < -0.39 is 0 Å². The second-order valence-electron chi connectivity index (χ2n) is 8.92. The van der Waals surface area contributed by atoms with E-state index in [9.17, 15) is 9.18 Å². The van der Waals surface area contributed by atoms with Crippen molar-refractivity contribution < 1.29 is 13.9 Å². The molecule has 3 aromatic rings. The summed E-state index contributed by atoms with van der Waals surface area (Å²) in [5.74, 6) is 1.72. The standard InChI is InChI=1S/C27H26BFN6O2/c1-37-22-8-4-19(5-9-22)26-32-23(25(33-26)18-2-6-21(29)7-3-18)10-11-24(36)34-12-14-35(15-13-34)27-30-16-20(28)17-31-27/h2-9,16-17,23H,10-15H2,1H3. The van der Waals surface area contributed by atoms with Crippen LogP contribution >= 0.6 is 0 Å². The fraction of sp³-hybridized carbons (Fsp3) is 0.296. The summed E-state index contributed by atoms with van der Waals surface area (Å²) >= 11 is 0. The number of piperazine rings is 1. The zero-order valence-electron chi connectivity index (χ0n) is 20.5. The highest BCUT2D eigenvalue weighted by atomic mass is 19.1. The van der Waals surface area contributed by atoms with E-state index in [4.69, 9.17) is 22.6 Å². The molecular weight excluding hydrogens is 470 g/mol. The summed E-state index contributed by atoms with van der Waals surface area (Å²) in [6, 6.07) is 13.5. The molecule has 5 rings (SSSR count). The van der Waals surface area contributed by atoms with E-state index in [-0.39, 0.29) is 17.8 Å². The third kappa shape index (κ3) is 5.68. The molecule has 37 heavy (non-hydrogen) atoms. The Hall–Kier alpha value is -4.08. The molecule has 10 heteroatoms. The normalized spacial score (nSPS) is 17.4. The second-order valence-corrected chi connectivity index (χ2v) is 8.92. The average Bonchev–Trinajstić information content (AvgIpc) is 3.37. The van der Waals surface area contributed by atoms with Crippen LogP contribution in [0.2, 0.25) is 0 Å². The van der Waals surface area contributed by atoms with Crippen molar-refractivity contribution in [2.75, 3.05) is 38.2 Å². The van der Waals surface area contributed by atoms with Crippen molar-refractivity contribution in [3.05, 3.63) is 77.9 Å². The highest BCUT2D eigenvalue weighted by Crippen LogP contribution is 2.23. The van der Waals surface area contributed by atoms with Crippen LogP contribution in [0.15, 0.2) is 70.9 Å². The predicted octanol–water partition coefficient (Wildman–Crippen LogP) is 2.17. The Morgan fingerprint density at radius 3 is 2.30 bits per heavy atom. The van der Waals surface area contributed by atoms with E-state index in [2.05, 4.69) is 9.97 Å². The van der Waals surface area contributed by atoms with Crippen molar-refractivity contribution in [3.8, 4) is 5.75 Å². The third-order valence-corrected chi connectivity index (χ3v) is 6.51. The van der Waals surface area contributed by atoms with Gasteiger partial charge in [-0.1, -0.05) is 17.6 Å². The van der Waals surface area contributed by atoms with Crippen LogP contribution in [0.1, 0.15) is 24.0 Å². The SMILES string of the molecule is [B]c1cnc(N2CCN(C(=O)CCC3N=C(c4ccc(OC)cc4)N=C3c3ccc(F)cc3)CC2)nc1. The van der Waals surface area contributed by atoms with E-state index >= 15 is 0 Å². The first-order chi connectivity index (χ1) is 18.0. The number of aliphatic imine (C=N–C) groups is 2. The molecule has 0 bridgehead atoms. The summed E-state index contributed by atoms with van der Waals surface area (Å²) in [5, 5.41) is 0. The number of carbonyl (C=O) groups excluding carboxylic acids is 1. The van der Waals surface area contributed by atoms with Gasteiger partial charge in [-0.2, -0.15) is 0 Å². The van der Waals surface area contributed by atoms with E-state index in [0.29, 0.717) is 56.3 Å². The van der Waals surface area contributed by atoms with Crippen molar-refractivity contribution in [1.82, 2.24) is 14.9 Å². The van der Waals surface area contributed by atoms with Crippen LogP contribution in [-0.2, 0) is 4.79 Å². The van der Waals surface area contributed by atoms with Crippen molar-refractivity contribution in [3.63, 3.8) is 0 Å². The largest absolute Gasteiger partial charge is 0.497 e. The van der Waals surface area contributed by atoms with Crippen LogP contribution < -0.4 is 15.1 Å². The monoisotopic (exact) mass is 496 g/mol. The number of hydrogen-bond donors (Lipinski definition) is 0. The summed E-state index contributed by atoms with van der Waals surface area (Å²) in [5.41, 5.74) is 2.91. The van der Waals surface area contributed by atoms with E-state index in [0.717, 1.165) is 22.6 Å². The quantitative estimate of drug-likeness (QED) is 0.469. The molecule has 1 unspecified atom stereocenters.